The summed E-state index contributed by atoms with van der Waals surface area (Å²) in [6.45, 7) is 1.95. The highest BCUT2D eigenvalue weighted by Gasteiger charge is 2.21. The van der Waals surface area contributed by atoms with Gasteiger partial charge in [-0.3, -0.25) is 0 Å². The Bertz CT molecular complexity index is 723. The van der Waals surface area contributed by atoms with E-state index < -0.39 is 0 Å². The van der Waals surface area contributed by atoms with Crippen molar-refractivity contribution in [3.8, 4) is 0 Å². The lowest BCUT2D eigenvalue weighted by Crippen LogP contribution is -2.25. The average Bonchev–Trinajstić information content (AvgIpc) is 3.14. The van der Waals surface area contributed by atoms with E-state index in [9.17, 15) is 0 Å². The molecule has 0 aliphatic carbocycles. The van der Waals surface area contributed by atoms with Crippen molar-refractivity contribution in [3.63, 3.8) is 0 Å². The average molecular weight is 301 g/mol. The van der Waals surface area contributed by atoms with Crippen molar-refractivity contribution in [3.05, 3.63) is 24.2 Å². The van der Waals surface area contributed by atoms with Crippen molar-refractivity contribution in [2.75, 3.05) is 18.0 Å². The molecule has 8 heteroatoms. The normalized spacial score (nSPS) is 19.8. The minimum absolute atomic E-state index is 0.422. The highest BCUT2D eigenvalue weighted by molar-refractivity contribution is 7.16. The molecule has 0 N–H and O–H groups in total. The first-order chi connectivity index (χ1) is 10.4. The van der Waals surface area contributed by atoms with Crippen LogP contribution in [-0.4, -0.2) is 43.0 Å². The van der Waals surface area contributed by atoms with Crippen molar-refractivity contribution in [1.82, 2.24) is 29.9 Å². The second-order valence-electron chi connectivity index (χ2n) is 5.16. The van der Waals surface area contributed by atoms with Crippen LogP contribution >= 0.6 is 11.3 Å². The van der Waals surface area contributed by atoms with Crippen LogP contribution in [0, 0.1) is 0 Å². The number of hydrogen-bond acceptors (Lipinski definition) is 7. The summed E-state index contributed by atoms with van der Waals surface area (Å²) in [4.78, 5) is 16.4. The minimum Gasteiger partial charge on any atom is -0.355 e. The molecule has 21 heavy (non-hydrogen) atoms. The highest BCUT2D eigenvalue weighted by Crippen LogP contribution is 2.28. The van der Waals surface area contributed by atoms with Gasteiger partial charge in [0.15, 0.2) is 5.82 Å². The lowest BCUT2D eigenvalue weighted by Gasteiger charge is -2.21. The van der Waals surface area contributed by atoms with Gasteiger partial charge in [0.2, 0.25) is 0 Å². The molecule has 4 rings (SSSR count). The number of hydrogen-bond donors (Lipinski definition) is 0. The van der Waals surface area contributed by atoms with E-state index in [0.717, 1.165) is 48.5 Å². The Morgan fingerprint density at radius 3 is 3.05 bits per heavy atom. The molecule has 1 unspecified atom stereocenters. The summed E-state index contributed by atoms with van der Waals surface area (Å²) in [6.07, 6.45) is 8.59. The van der Waals surface area contributed by atoms with Gasteiger partial charge in [-0.2, -0.15) is 0 Å². The molecule has 0 amide bonds. The molecular formula is C13H15N7S. The molecule has 0 aromatic carbocycles. The molecule has 7 nitrogen and oxygen atoms in total. The van der Waals surface area contributed by atoms with E-state index in [-0.39, 0.29) is 0 Å². The van der Waals surface area contributed by atoms with E-state index in [2.05, 4.69) is 30.2 Å². The summed E-state index contributed by atoms with van der Waals surface area (Å²) in [5.74, 6) is 0.959. The topological polar surface area (TPSA) is 72.6 Å². The fraction of sp³-hybridized carbons (Fsp3) is 0.462. The van der Waals surface area contributed by atoms with E-state index in [1.807, 2.05) is 16.4 Å². The molecule has 1 fully saturated rings. The largest absolute Gasteiger partial charge is 0.355 e. The Morgan fingerprint density at radius 1 is 1.14 bits per heavy atom. The number of thiazole rings is 1. The minimum atomic E-state index is 0.422. The van der Waals surface area contributed by atoms with Crippen LogP contribution < -0.4 is 4.90 Å². The van der Waals surface area contributed by atoms with Gasteiger partial charge in [0.1, 0.15) is 16.7 Å². The van der Waals surface area contributed by atoms with Crippen LogP contribution in [0.2, 0.25) is 0 Å². The van der Waals surface area contributed by atoms with Crippen molar-refractivity contribution in [2.45, 2.75) is 25.3 Å². The third-order valence-corrected chi connectivity index (χ3v) is 4.66. The van der Waals surface area contributed by atoms with E-state index >= 15 is 0 Å². The fourth-order valence-electron chi connectivity index (χ4n) is 2.88. The zero-order valence-corrected chi connectivity index (χ0v) is 12.3. The summed E-state index contributed by atoms with van der Waals surface area (Å²) in [5, 5.41) is 8.04. The maximum atomic E-state index is 4.46. The molecular weight excluding hydrogens is 286 g/mol. The van der Waals surface area contributed by atoms with Gasteiger partial charge in [-0.15, -0.1) is 16.4 Å². The van der Waals surface area contributed by atoms with Crippen molar-refractivity contribution in [2.24, 2.45) is 0 Å². The highest BCUT2D eigenvalue weighted by atomic mass is 32.1. The number of aromatic nitrogens is 6. The second-order valence-corrected chi connectivity index (χ2v) is 5.99. The first-order valence-electron chi connectivity index (χ1n) is 7.07. The van der Waals surface area contributed by atoms with E-state index in [1.54, 1.807) is 23.9 Å². The van der Waals surface area contributed by atoms with Crippen LogP contribution in [0.25, 0.3) is 10.3 Å². The molecule has 1 saturated heterocycles. The summed E-state index contributed by atoms with van der Waals surface area (Å²) in [7, 11) is 0. The molecule has 1 aliphatic rings. The number of rotatable bonds is 2. The van der Waals surface area contributed by atoms with Gasteiger partial charge in [-0.25, -0.2) is 19.6 Å². The zero-order valence-electron chi connectivity index (χ0n) is 11.5. The molecule has 0 bridgehead atoms. The Kier molecular flexibility index (Phi) is 3.23. The van der Waals surface area contributed by atoms with Gasteiger partial charge in [0.05, 0.1) is 17.7 Å². The zero-order chi connectivity index (χ0) is 14.1. The van der Waals surface area contributed by atoms with Gasteiger partial charge in [-0.1, -0.05) is 5.21 Å². The SMILES string of the molecule is c1cn(C2CCCN(c3ncnc4scnc34)CC2)nn1. The smallest absolute Gasteiger partial charge is 0.159 e. The van der Waals surface area contributed by atoms with Gasteiger partial charge in [0, 0.05) is 19.3 Å². The maximum Gasteiger partial charge on any atom is 0.159 e. The van der Waals surface area contributed by atoms with Crippen LogP contribution in [0.4, 0.5) is 5.82 Å². The maximum absolute atomic E-state index is 4.46. The lowest BCUT2D eigenvalue weighted by atomic mass is 10.1. The van der Waals surface area contributed by atoms with E-state index in [4.69, 9.17) is 0 Å². The Hall–Kier alpha value is -2.09. The molecule has 108 valence electrons. The van der Waals surface area contributed by atoms with Crippen molar-refractivity contribution < 1.29 is 0 Å². The molecule has 1 aliphatic heterocycles. The van der Waals surface area contributed by atoms with E-state index in [1.165, 1.54) is 0 Å². The third-order valence-electron chi connectivity index (χ3n) is 3.93. The van der Waals surface area contributed by atoms with E-state index in [0.29, 0.717) is 6.04 Å². The van der Waals surface area contributed by atoms with Crippen LogP contribution in [0.15, 0.2) is 24.2 Å². The van der Waals surface area contributed by atoms with Gasteiger partial charge in [-0.05, 0) is 19.3 Å². The van der Waals surface area contributed by atoms with Crippen LogP contribution in [0.5, 0.6) is 0 Å². The van der Waals surface area contributed by atoms with Crippen molar-refractivity contribution >= 4 is 27.5 Å². The molecule has 0 spiro atoms. The predicted octanol–water partition coefficient (Wildman–Crippen LogP) is 1.91. The first kappa shape index (κ1) is 12.6. The molecule has 3 aromatic heterocycles. The van der Waals surface area contributed by atoms with Gasteiger partial charge in [0.25, 0.3) is 0 Å². The molecule has 4 heterocycles. The lowest BCUT2D eigenvalue weighted by molar-refractivity contribution is 0.406. The molecule has 0 radical (unpaired) electrons. The van der Waals surface area contributed by atoms with Crippen LogP contribution in [0.1, 0.15) is 25.3 Å². The molecule has 1 atom stereocenters. The van der Waals surface area contributed by atoms with Crippen molar-refractivity contribution in [1.29, 1.82) is 0 Å². The number of anilines is 1. The Morgan fingerprint density at radius 2 is 2.14 bits per heavy atom. The van der Waals surface area contributed by atoms with Gasteiger partial charge < -0.3 is 4.90 Å². The predicted molar refractivity (Wildman–Crippen MR) is 80.3 cm³/mol. The monoisotopic (exact) mass is 301 g/mol. The van der Waals surface area contributed by atoms with Crippen LogP contribution in [0.3, 0.4) is 0 Å². The quantitative estimate of drug-likeness (QED) is 0.720. The standard InChI is InChI=1S/C13H15N7S/c1-2-10(20-7-4-17-18-20)3-6-19(5-1)12-11-13(15-8-14-12)21-9-16-11/h4,7-10H,1-3,5-6H2. The summed E-state index contributed by atoms with van der Waals surface area (Å²) in [6, 6.07) is 0.422. The number of nitrogens with zero attached hydrogens (tertiary/aromatic N) is 7. The fourth-order valence-corrected chi connectivity index (χ4v) is 3.50. The summed E-state index contributed by atoms with van der Waals surface area (Å²) < 4.78 is 1.97. The van der Waals surface area contributed by atoms with Crippen LogP contribution in [-0.2, 0) is 0 Å². The number of fused-ring (bicyclic) bond motifs is 1. The molecule has 3 aromatic rings. The first-order valence-corrected chi connectivity index (χ1v) is 7.95. The van der Waals surface area contributed by atoms with Gasteiger partial charge >= 0.3 is 0 Å². The third kappa shape index (κ3) is 2.35. The summed E-state index contributed by atoms with van der Waals surface area (Å²) in [5.41, 5.74) is 2.75. The molecule has 0 saturated carbocycles. The second kappa shape index (κ2) is 5.36. The summed E-state index contributed by atoms with van der Waals surface area (Å²) >= 11 is 1.56. The Balaban J connectivity index is 1.58. The Labute approximate surface area is 125 Å².